The summed E-state index contributed by atoms with van der Waals surface area (Å²) in [5.74, 6) is -1.58. The molecule has 0 heterocycles. The Labute approximate surface area is 159 Å². The van der Waals surface area contributed by atoms with Gasteiger partial charge >= 0.3 is 5.97 Å². The SMILES string of the molecule is Cc1ccc(S(=O)(=O)CCC(=O)OCC(=O)Nc2ccccc2C)cc1C. The molecule has 0 fully saturated rings. The fraction of sp³-hybridized carbons (Fsp3) is 0.300. The lowest BCUT2D eigenvalue weighted by atomic mass is 10.1. The number of rotatable bonds is 7. The molecule has 7 heteroatoms. The first kappa shape index (κ1) is 20.6. The van der Waals surface area contributed by atoms with Gasteiger partial charge in [-0.2, -0.15) is 0 Å². The van der Waals surface area contributed by atoms with Crippen LogP contribution in [0.5, 0.6) is 0 Å². The molecule has 1 amide bonds. The number of hydrogen-bond donors (Lipinski definition) is 1. The van der Waals surface area contributed by atoms with E-state index in [1.165, 1.54) is 6.07 Å². The highest BCUT2D eigenvalue weighted by Gasteiger charge is 2.18. The van der Waals surface area contributed by atoms with Crippen LogP contribution in [0.2, 0.25) is 0 Å². The van der Waals surface area contributed by atoms with Crippen LogP contribution >= 0.6 is 0 Å². The van der Waals surface area contributed by atoms with Crippen LogP contribution in [0.1, 0.15) is 23.1 Å². The minimum atomic E-state index is -3.59. The van der Waals surface area contributed by atoms with Gasteiger partial charge in [0.25, 0.3) is 5.91 Å². The molecule has 1 N–H and O–H groups in total. The summed E-state index contributed by atoms with van der Waals surface area (Å²) in [6.45, 7) is 5.11. The van der Waals surface area contributed by atoms with E-state index in [1.54, 1.807) is 24.3 Å². The van der Waals surface area contributed by atoms with Gasteiger partial charge in [-0.3, -0.25) is 9.59 Å². The summed E-state index contributed by atoms with van der Waals surface area (Å²) in [6, 6.07) is 12.1. The lowest BCUT2D eigenvalue weighted by Crippen LogP contribution is -2.22. The molecular formula is C20H23NO5S. The van der Waals surface area contributed by atoms with Gasteiger partial charge in [0.05, 0.1) is 17.1 Å². The first-order valence-corrected chi connectivity index (χ1v) is 10.2. The van der Waals surface area contributed by atoms with Crippen LogP contribution in [-0.4, -0.2) is 32.7 Å². The Morgan fingerprint density at radius 1 is 0.963 bits per heavy atom. The lowest BCUT2D eigenvalue weighted by molar-refractivity contribution is -0.146. The van der Waals surface area contributed by atoms with E-state index >= 15 is 0 Å². The average molecular weight is 389 g/mol. The quantitative estimate of drug-likeness (QED) is 0.736. The number of ether oxygens (including phenoxy) is 1. The third kappa shape index (κ3) is 5.92. The van der Waals surface area contributed by atoms with Crippen molar-refractivity contribution >= 4 is 27.4 Å². The van der Waals surface area contributed by atoms with Crippen molar-refractivity contribution in [1.82, 2.24) is 0 Å². The molecule has 144 valence electrons. The zero-order chi connectivity index (χ0) is 20.0. The van der Waals surface area contributed by atoms with E-state index in [2.05, 4.69) is 5.32 Å². The van der Waals surface area contributed by atoms with Crippen LogP contribution in [0, 0.1) is 20.8 Å². The van der Waals surface area contributed by atoms with Crippen molar-refractivity contribution in [3.8, 4) is 0 Å². The molecule has 0 aliphatic carbocycles. The van der Waals surface area contributed by atoms with Crippen molar-refractivity contribution in [3.05, 3.63) is 59.2 Å². The van der Waals surface area contributed by atoms with Crippen LogP contribution in [0.3, 0.4) is 0 Å². The average Bonchev–Trinajstić information content (AvgIpc) is 2.62. The molecule has 0 atom stereocenters. The lowest BCUT2D eigenvalue weighted by Gasteiger charge is -2.09. The second-order valence-corrected chi connectivity index (χ2v) is 8.45. The third-order valence-corrected chi connectivity index (χ3v) is 5.91. The zero-order valence-electron chi connectivity index (χ0n) is 15.6. The number of carbonyl (C=O) groups is 2. The first-order valence-electron chi connectivity index (χ1n) is 8.50. The second kappa shape index (κ2) is 8.81. The molecule has 0 saturated heterocycles. The molecule has 2 aromatic carbocycles. The highest BCUT2D eigenvalue weighted by atomic mass is 32.2. The van der Waals surface area contributed by atoms with Crippen molar-refractivity contribution in [2.45, 2.75) is 32.1 Å². The third-order valence-electron chi connectivity index (χ3n) is 4.20. The van der Waals surface area contributed by atoms with Crippen LogP contribution in [0.15, 0.2) is 47.4 Å². The van der Waals surface area contributed by atoms with E-state index in [-0.39, 0.29) is 17.1 Å². The van der Waals surface area contributed by atoms with Gasteiger partial charge in [-0.05, 0) is 55.7 Å². The molecule has 0 saturated carbocycles. The maximum absolute atomic E-state index is 12.3. The summed E-state index contributed by atoms with van der Waals surface area (Å²) in [5.41, 5.74) is 3.38. The summed E-state index contributed by atoms with van der Waals surface area (Å²) in [6.07, 6.45) is -0.313. The number of carbonyl (C=O) groups excluding carboxylic acids is 2. The molecule has 27 heavy (non-hydrogen) atoms. The van der Waals surface area contributed by atoms with Crippen LogP contribution in [0.25, 0.3) is 0 Å². The number of hydrogen-bond acceptors (Lipinski definition) is 5. The minimum absolute atomic E-state index is 0.177. The van der Waals surface area contributed by atoms with Gasteiger partial charge in [-0.15, -0.1) is 0 Å². The van der Waals surface area contributed by atoms with Crippen LogP contribution in [-0.2, 0) is 24.2 Å². The minimum Gasteiger partial charge on any atom is -0.456 e. The number of para-hydroxylation sites is 1. The summed E-state index contributed by atoms with van der Waals surface area (Å²) in [4.78, 5) is 23.8. The van der Waals surface area contributed by atoms with Crippen molar-refractivity contribution < 1.29 is 22.7 Å². The Morgan fingerprint density at radius 2 is 1.67 bits per heavy atom. The van der Waals surface area contributed by atoms with Crippen molar-refractivity contribution in [2.75, 3.05) is 17.7 Å². The topological polar surface area (TPSA) is 89.5 Å². The molecule has 6 nitrogen and oxygen atoms in total. The molecule has 0 bridgehead atoms. The highest BCUT2D eigenvalue weighted by molar-refractivity contribution is 7.91. The predicted molar refractivity (Wildman–Crippen MR) is 103 cm³/mol. The summed E-state index contributed by atoms with van der Waals surface area (Å²) in [5, 5.41) is 2.64. The number of aryl methyl sites for hydroxylation is 3. The number of sulfone groups is 1. The van der Waals surface area contributed by atoms with E-state index in [0.29, 0.717) is 5.69 Å². The summed E-state index contributed by atoms with van der Waals surface area (Å²) >= 11 is 0. The Bertz CT molecular complexity index is 951. The molecule has 0 aromatic heterocycles. The van der Waals surface area contributed by atoms with E-state index in [1.807, 2.05) is 32.9 Å². The molecule has 0 radical (unpaired) electrons. The van der Waals surface area contributed by atoms with Crippen molar-refractivity contribution in [3.63, 3.8) is 0 Å². The smallest absolute Gasteiger partial charge is 0.307 e. The summed E-state index contributed by atoms with van der Waals surface area (Å²) in [7, 11) is -3.59. The molecule has 2 rings (SSSR count). The van der Waals surface area contributed by atoms with Gasteiger partial charge in [0.2, 0.25) is 0 Å². The molecule has 0 spiro atoms. The normalized spacial score (nSPS) is 11.1. The number of benzene rings is 2. The van der Waals surface area contributed by atoms with E-state index in [0.717, 1.165) is 16.7 Å². The van der Waals surface area contributed by atoms with Gasteiger partial charge in [0.1, 0.15) is 0 Å². The van der Waals surface area contributed by atoms with Crippen molar-refractivity contribution in [2.24, 2.45) is 0 Å². The zero-order valence-corrected chi connectivity index (χ0v) is 16.4. The first-order chi connectivity index (χ1) is 12.7. The second-order valence-electron chi connectivity index (χ2n) is 6.34. The van der Waals surface area contributed by atoms with E-state index in [4.69, 9.17) is 4.74 Å². The maximum atomic E-state index is 12.3. The molecule has 0 aliphatic heterocycles. The Hall–Kier alpha value is -2.67. The van der Waals surface area contributed by atoms with Gasteiger partial charge < -0.3 is 10.1 Å². The Balaban J connectivity index is 1.84. The molecular weight excluding hydrogens is 366 g/mol. The fourth-order valence-electron chi connectivity index (χ4n) is 2.36. The molecule has 0 unspecified atom stereocenters. The largest absolute Gasteiger partial charge is 0.456 e. The van der Waals surface area contributed by atoms with Gasteiger partial charge in [-0.25, -0.2) is 8.42 Å². The maximum Gasteiger partial charge on any atom is 0.307 e. The summed E-state index contributed by atoms with van der Waals surface area (Å²) < 4.78 is 29.5. The van der Waals surface area contributed by atoms with Gasteiger partial charge in [-0.1, -0.05) is 24.3 Å². The number of nitrogens with one attached hydrogen (secondary N) is 1. The highest BCUT2D eigenvalue weighted by Crippen LogP contribution is 2.17. The predicted octanol–water partition coefficient (Wildman–Crippen LogP) is 2.96. The van der Waals surface area contributed by atoms with E-state index < -0.39 is 28.3 Å². The molecule has 2 aromatic rings. The Kier molecular flexibility index (Phi) is 6.74. The fourth-order valence-corrected chi connectivity index (χ4v) is 3.66. The van der Waals surface area contributed by atoms with Crippen LogP contribution in [0.4, 0.5) is 5.69 Å². The van der Waals surface area contributed by atoms with Gasteiger partial charge in [0, 0.05) is 5.69 Å². The number of esters is 1. The van der Waals surface area contributed by atoms with E-state index in [9.17, 15) is 18.0 Å². The monoisotopic (exact) mass is 389 g/mol. The number of amides is 1. The number of anilines is 1. The van der Waals surface area contributed by atoms with Gasteiger partial charge in [0.15, 0.2) is 16.4 Å². The van der Waals surface area contributed by atoms with Crippen LogP contribution < -0.4 is 5.32 Å². The Morgan fingerprint density at radius 3 is 2.33 bits per heavy atom. The standard InChI is InChI=1S/C20H23NO5S/c1-14-8-9-17(12-16(14)3)27(24,25)11-10-20(23)26-13-19(22)21-18-7-5-4-6-15(18)2/h4-9,12H,10-11,13H2,1-3H3,(H,21,22). The van der Waals surface area contributed by atoms with Crippen molar-refractivity contribution in [1.29, 1.82) is 0 Å². The molecule has 0 aliphatic rings.